The van der Waals surface area contributed by atoms with Crippen LogP contribution in [0, 0.1) is 27.4 Å². The minimum atomic E-state index is -0.688. The first-order chi connectivity index (χ1) is 18.0. The molecule has 1 aromatic carbocycles. The van der Waals surface area contributed by atoms with Gasteiger partial charge in [0, 0.05) is 41.8 Å². The maximum Gasteiger partial charge on any atom is 0.310 e. The zero-order valence-electron chi connectivity index (χ0n) is 21.6. The lowest BCUT2D eigenvalue weighted by Gasteiger charge is -2.52. The molecule has 3 heterocycles. The number of nitro groups is 1. The summed E-state index contributed by atoms with van der Waals surface area (Å²) in [5.74, 6) is 1.13. The average Bonchev–Trinajstić information content (AvgIpc) is 2.81. The van der Waals surface area contributed by atoms with Crippen LogP contribution in [0.2, 0.25) is 10.0 Å². The topological polar surface area (TPSA) is 112 Å². The van der Waals surface area contributed by atoms with Crippen LogP contribution in [-0.2, 0) is 4.79 Å². The van der Waals surface area contributed by atoms with E-state index in [-0.39, 0.29) is 11.7 Å². The number of hydrogen-bond acceptors (Lipinski definition) is 7. The largest absolute Gasteiger partial charge is 0.481 e. The molecule has 204 valence electrons. The first-order valence-corrected chi connectivity index (χ1v) is 13.9. The van der Waals surface area contributed by atoms with Crippen molar-refractivity contribution in [2.45, 2.75) is 51.6 Å². The summed E-state index contributed by atoms with van der Waals surface area (Å²) in [5, 5.41) is 25.4. The molecule has 0 radical (unpaired) electrons. The molecular formula is C27H33Cl2N5O4. The number of halogens is 2. The Hall–Kier alpha value is -2.62. The van der Waals surface area contributed by atoms with E-state index in [0.717, 1.165) is 51.0 Å². The molecule has 1 aliphatic carbocycles. The van der Waals surface area contributed by atoms with Gasteiger partial charge in [-0.2, -0.15) is 0 Å². The molecule has 2 saturated heterocycles. The number of nitrogens with one attached hydrogen (secondary N) is 1. The molecule has 2 atom stereocenters. The van der Waals surface area contributed by atoms with Crippen LogP contribution in [0.3, 0.4) is 0 Å². The molecule has 5 rings (SSSR count). The Labute approximate surface area is 232 Å². The molecule has 2 aliphatic heterocycles. The summed E-state index contributed by atoms with van der Waals surface area (Å²) >= 11 is 12.4. The van der Waals surface area contributed by atoms with Crippen LogP contribution in [0.15, 0.2) is 30.5 Å². The van der Waals surface area contributed by atoms with Gasteiger partial charge in [0.15, 0.2) is 0 Å². The fraction of sp³-hybridized carbons (Fsp3) is 0.556. The fourth-order valence-corrected chi connectivity index (χ4v) is 6.77. The molecule has 1 saturated carbocycles. The smallest absolute Gasteiger partial charge is 0.310 e. The summed E-state index contributed by atoms with van der Waals surface area (Å²) in [6.07, 6.45) is 5.09. The van der Waals surface area contributed by atoms with Crippen molar-refractivity contribution in [3.05, 3.63) is 56.2 Å². The minimum absolute atomic E-state index is 0.0838. The number of pyridine rings is 1. The molecule has 1 aromatic heterocycles. The number of benzene rings is 1. The summed E-state index contributed by atoms with van der Waals surface area (Å²) in [6.45, 7) is 7.52. The summed E-state index contributed by atoms with van der Waals surface area (Å²) in [4.78, 5) is 31.8. The lowest BCUT2D eigenvalue weighted by atomic mass is 9.65. The van der Waals surface area contributed by atoms with Gasteiger partial charge in [0.2, 0.25) is 0 Å². The summed E-state index contributed by atoms with van der Waals surface area (Å²) in [6, 6.07) is 7.07. The second kappa shape index (κ2) is 10.5. The van der Waals surface area contributed by atoms with Crippen molar-refractivity contribution >= 4 is 46.4 Å². The molecule has 2 N–H and O–H groups in total. The van der Waals surface area contributed by atoms with E-state index in [1.807, 2.05) is 19.9 Å². The van der Waals surface area contributed by atoms with Crippen LogP contribution in [0.5, 0.6) is 0 Å². The highest BCUT2D eigenvalue weighted by Crippen LogP contribution is 2.45. The number of rotatable bonds is 8. The van der Waals surface area contributed by atoms with Gasteiger partial charge in [0.1, 0.15) is 17.7 Å². The molecule has 3 aliphatic rings. The van der Waals surface area contributed by atoms with E-state index in [0.29, 0.717) is 39.4 Å². The zero-order chi connectivity index (χ0) is 27.2. The van der Waals surface area contributed by atoms with E-state index in [2.05, 4.69) is 20.1 Å². The van der Waals surface area contributed by atoms with Gasteiger partial charge in [-0.3, -0.25) is 14.9 Å². The van der Waals surface area contributed by atoms with Crippen LogP contribution in [0.1, 0.15) is 51.1 Å². The molecule has 11 heteroatoms. The van der Waals surface area contributed by atoms with E-state index in [1.165, 1.54) is 12.6 Å². The number of anilines is 2. The predicted molar refractivity (Wildman–Crippen MR) is 148 cm³/mol. The average molecular weight is 562 g/mol. The molecule has 38 heavy (non-hydrogen) atoms. The number of aromatic nitrogens is 1. The van der Waals surface area contributed by atoms with Crippen LogP contribution >= 0.6 is 23.2 Å². The number of likely N-dealkylation sites (tertiary alicyclic amines) is 1. The van der Waals surface area contributed by atoms with Gasteiger partial charge < -0.3 is 20.2 Å². The molecule has 2 aromatic rings. The normalized spacial score (nSPS) is 26.8. The van der Waals surface area contributed by atoms with Crippen LogP contribution in [-0.4, -0.2) is 58.1 Å². The minimum Gasteiger partial charge on any atom is -0.481 e. The second-order valence-corrected chi connectivity index (χ2v) is 12.2. The Balaban J connectivity index is 1.22. The van der Waals surface area contributed by atoms with E-state index in [1.54, 1.807) is 18.2 Å². The van der Waals surface area contributed by atoms with Gasteiger partial charge in [-0.1, -0.05) is 29.3 Å². The monoisotopic (exact) mass is 561 g/mol. The van der Waals surface area contributed by atoms with Crippen molar-refractivity contribution in [2.24, 2.45) is 17.3 Å². The van der Waals surface area contributed by atoms with E-state index >= 15 is 0 Å². The molecule has 0 bridgehead atoms. The highest BCUT2D eigenvalue weighted by atomic mass is 35.5. The summed E-state index contributed by atoms with van der Waals surface area (Å²) < 4.78 is 0. The standard InChI is InChI=1S/C27H33Cl2N5O4/c1-16(21-6-5-19(28)8-22(21)29)31-23-9-25(30-12-24(23)34(37)38)33-14-18(15-33)17-4-3-7-32(13-17)20-10-27(2,11-20)26(35)36/h5-6,8-9,12,16-18,20H,3-4,7,10-11,13-15H2,1-2H3,(H,30,31)(H,35,36)/t16-,17+,20?,27?/m1/s1. The van der Waals surface area contributed by atoms with Crippen molar-refractivity contribution in [1.82, 2.24) is 9.88 Å². The molecule has 0 unspecified atom stereocenters. The Bertz CT molecular complexity index is 1230. The van der Waals surface area contributed by atoms with E-state index in [9.17, 15) is 20.0 Å². The zero-order valence-corrected chi connectivity index (χ0v) is 23.1. The van der Waals surface area contributed by atoms with Gasteiger partial charge in [0.25, 0.3) is 0 Å². The number of carboxylic acid groups (broad SMARTS) is 1. The number of carboxylic acids is 1. The lowest BCUT2D eigenvalue weighted by molar-refractivity contribution is -0.384. The van der Waals surface area contributed by atoms with Crippen molar-refractivity contribution in [3.8, 4) is 0 Å². The predicted octanol–water partition coefficient (Wildman–Crippen LogP) is 5.87. The number of aliphatic carboxylic acids is 1. The number of hydrogen-bond donors (Lipinski definition) is 2. The highest BCUT2D eigenvalue weighted by Gasteiger charge is 2.49. The summed E-state index contributed by atoms with van der Waals surface area (Å²) in [7, 11) is 0. The van der Waals surface area contributed by atoms with Crippen molar-refractivity contribution in [1.29, 1.82) is 0 Å². The molecular weight excluding hydrogens is 529 g/mol. The Morgan fingerprint density at radius 2 is 1.97 bits per heavy atom. The quantitative estimate of drug-likeness (QED) is 0.304. The van der Waals surface area contributed by atoms with Crippen LogP contribution in [0.4, 0.5) is 17.2 Å². The van der Waals surface area contributed by atoms with Gasteiger partial charge in [-0.05, 0) is 75.6 Å². The third-order valence-electron chi connectivity index (χ3n) is 8.66. The first kappa shape index (κ1) is 27.0. The molecule has 0 amide bonds. The SMILES string of the molecule is C[C@@H](Nc1cc(N2CC([C@H]3CCCN(C4CC(C)(C(=O)O)C4)C3)C2)ncc1[N+](=O)[O-])c1ccc(Cl)cc1Cl. The molecule has 9 nitrogen and oxygen atoms in total. The van der Waals surface area contributed by atoms with Crippen LogP contribution < -0.4 is 10.2 Å². The van der Waals surface area contributed by atoms with Crippen molar-refractivity contribution in [2.75, 3.05) is 36.4 Å². The van der Waals surface area contributed by atoms with Gasteiger partial charge in [0.05, 0.1) is 16.4 Å². The first-order valence-electron chi connectivity index (χ1n) is 13.1. The van der Waals surface area contributed by atoms with Gasteiger partial charge >= 0.3 is 11.7 Å². The Morgan fingerprint density at radius 3 is 2.63 bits per heavy atom. The van der Waals surface area contributed by atoms with Crippen molar-refractivity contribution in [3.63, 3.8) is 0 Å². The Morgan fingerprint density at radius 1 is 1.24 bits per heavy atom. The molecule has 0 spiro atoms. The summed E-state index contributed by atoms with van der Waals surface area (Å²) in [5.41, 5.74) is 0.538. The van der Waals surface area contributed by atoms with E-state index < -0.39 is 16.3 Å². The Kier molecular flexibility index (Phi) is 7.46. The maximum atomic E-state index is 11.7. The third kappa shape index (κ3) is 5.28. The third-order valence-corrected chi connectivity index (χ3v) is 9.22. The van der Waals surface area contributed by atoms with Crippen molar-refractivity contribution < 1.29 is 14.8 Å². The number of nitrogens with zero attached hydrogens (tertiary/aromatic N) is 4. The number of carbonyl (C=O) groups is 1. The maximum absolute atomic E-state index is 11.7. The van der Waals surface area contributed by atoms with Crippen LogP contribution in [0.25, 0.3) is 0 Å². The second-order valence-electron chi connectivity index (χ2n) is 11.3. The fourth-order valence-electron chi connectivity index (χ4n) is 6.20. The lowest BCUT2D eigenvalue weighted by Crippen LogP contribution is -2.58. The van der Waals surface area contributed by atoms with Gasteiger partial charge in [-0.15, -0.1) is 0 Å². The highest BCUT2D eigenvalue weighted by molar-refractivity contribution is 6.35. The van der Waals surface area contributed by atoms with Gasteiger partial charge in [-0.25, -0.2) is 4.98 Å². The van der Waals surface area contributed by atoms with E-state index in [4.69, 9.17) is 23.2 Å². The number of piperidine rings is 1. The molecule has 3 fully saturated rings.